The van der Waals surface area contributed by atoms with Gasteiger partial charge in [-0.3, -0.25) is 0 Å². The first kappa shape index (κ1) is 31.2. The average molecular weight is 704 g/mol. The Morgan fingerprint density at radius 2 is 0.891 bits per heavy atom. The third-order valence-corrected chi connectivity index (χ3v) is 10.9. The highest BCUT2D eigenvalue weighted by atomic mass is 16.3. The lowest BCUT2D eigenvalue weighted by Gasteiger charge is -2.25. The van der Waals surface area contributed by atoms with Crippen LogP contribution in [0.15, 0.2) is 209 Å². The summed E-state index contributed by atoms with van der Waals surface area (Å²) in [5, 5.41) is 6.79. The highest BCUT2D eigenvalue weighted by Crippen LogP contribution is 2.44. The number of rotatable bonds is 6. The van der Waals surface area contributed by atoms with Crippen LogP contribution in [-0.2, 0) is 0 Å². The molecule has 3 heteroatoms. The number of hydrogen-bond acceptors (Lipinski definition) is 3. The van der Waals surface area contributed by atoms with Gasteiger partial charge in [0.25, 0.3) is 0 Å². The standard InChI is InChI=1S/C52H33NO2/c1-3-12-34(13-4-1)35-26-28-40(29-27-35)53(39-15-5-2-6-16-39)41-30-31-45-47-32-38-14-7-8-17-42(38)50(52(47)55-49(45)33-41)37-24-22-36(23-25-37)43-19-11-20-46-44-18-9-10-21-48(44)54-51(43)46/h1-33H. The van der Waals surface area contributed by atoms with E-state index in [1.165, 1.54) is 16.5 Å². The number of anilines is 3. The number of benzene rings is 9. The van der Waals surface area contributed by atoms with Crippen molar-refractivity contribution in [3.63, 3.8) is 0 Å². The van der Waals surface area contributed by atoms with Gasteiger partial charge in [-0.1, -0.05) is 146 Å². The van der Waals surface area contributed by atoms with E-state index in [0.29, 0.717) is 0 Å². The molecule has 0 aliphatic rings. The van der Waals surface area contributed by atoms with Crippen molar-refractivity contribution in [1.82, 2.24) is 0 Å². The Morgan fingerprint density at radius 1 is 0.309 bits per heavy atom. The minimum absolute atomic E-state index is 0.846. The summed E-state index contributed by atoms with van der Waals surface area (Å²) in [7, 11) is 0. The highest BCUT2D eigenvalue weighted by Gasteiger charge is 2.20. The van der Waals surface area contributed by atoms with Crippen LogP contribution in [0.1, 0.15) is 0 Å². The molecule has 0 spiro atoms. The van der Waals surface area contributed by atoms with Gasteiger partial charge in [-0.2, -0.15) is 0 Å². The third kappa shape index (κ3) is 5.20. The molecule has 0 atom stereocenters. The van der Waals surface area contributed by atoms with Crippen LogP contribution >= 0.6 is 0 Å². The second-order valence-corrected chi connectivity index (χ2v) is 14.1. The van der Waals surface area contributed by atoms with E-state index >= 15 is 0 Å². The predicted molar refractivity (Wildman–Crippen MR) is 229 cm³/mol. The van der Waals surface area contributed by atoms with E-state index in [0.717, 1.165) is 88.6 Å². The Hall–Kier alpha value is -7.36. The van der Waals surface area contributed by atoms with Gasteiger partial charge in [0.05, 0.1) is 0 Å². The molecular formula is C52H33NO2. The molecule has 0 bridgehead atoms. The molecule has 0 amide bonds. The van der Waals surface area contributed by atoms with Crippen molar-refractivity contribution in [1.29, 1.82) is 0 Å². The first-order valence-corrected chi connectivity index (χ1v) is 18.7. The lowest BCUT2D eigenvalue weighted by Crippen LogP contribution is -2.09. The van der Waals surface area contributed by atoms with Gasteiger partial charge >= 0.3 is 0 Å². The first-order valence-electron chi connectivity index (χ1n) is 18.7. The lowest BCUT2D eigenvalue weighted by molar-refractivity contribution is 0.669. The maximum Gasteiger partial charge on any atom is 0.143 e. The van der Waals surface area contributed by atoms with Gasteiger partial charge in [0.15, 0.2) is 0 Å². The fraction of sp³-hybridized carbons (Fsp3) is 0. The van der Waals surface area contributed by atoms with E-state index in [1.807, 2.05) is 12.1 Å². The monoisotopic (exact) mass is 703 g/mol. The van der Waals surface area contributed by atoms with Crippen molar-refractivity contribution < 1.29 is 8.83 Å². The van der Waals surface area contributed by atoms with Crippen LogP contribution < -0.4 is 4.90 Å². The van der Waals surface area contributed by atoms with E-state index in [4.69, 9.17) is 8.83 Å². The van der Waals surface area contributed by atoms with Crippen LogP contribution in [-0.4, -0.2) is 0 Å². The van der Waals surface area contributed by atoms with Crippen LogP contribution in [0, 0.1) is 0 Å². The van der Waals surface area contributed by atoms with Gasteiger partial charge in [-0.05, 0) is 81.6 Å². The number of furan rings is 2. The molecule has 0 unspecified atom stereocenters. The molecule has 55 heavy (non-hydrogen) atoms. The van der Waals surface area contributed by atoms with E-state index < -0.39 is 0 Å². The van der Waals surface area contributed by atoms with E-state index in [-0.39, 0.29) is 0 Å². The normalized spacial score (nSPS) is 11.6. The molecular weight excluding hydrogens is 671 g/mol. The fourth-order valence-electron chi connectivity index (χ4n) is 8.24. The van der Waals surface area contributed by atoms with Crippen LogP contribution in [0.2, 0.25) is 0 Å². The van der Waals surface area contributed by atoms with Gasteiger partial charge in [-0.15, -0.1) is 0 Å². The van der Waals surface area contributed by atoms with Crippen LogP contribution in [0.5, 0.6) is 0 Å². The Labute approximate surface area is 317 Å². The Balaban J connectivity index is 1.04. The van der Waals surface area contributed by atoms with Gasteiger partial charge < -0.3 is 13.7 Å². The molecule has 11 rings (SSSR count). The molecule has 3 nitrogen and oxygen atoms in total. The largest absolute Gasteiger partial charge is 0.455 e. The zero-order chi connectivity index (χ0) is 36.3. The van der Waals surface area contributed by atoms with Crippen molar-refractivity contribution in [3.05, 3.63) is 200 Å². The van der Waals surface area contributed by atoms with Crippen molar-refractivity contribution in [2.75, 3.05) is 4.90 Å². The second kappa shape index (κ2) is 12.6. The van der Waals surface area contributed by atoms with Crippen molar-refractivity contribution in [2.45, 2.75) is 0 Å². The summed E-state index contributed by atoms with van der Waals surface area (Å²) in [5.74, 6) is 0. The molecule has 11 aromatic rings. The third-order valence-electron chi connectivity index (χ3n) is 10.9. The Morgan fingerprint density at radius 3 is 1.71 bits per heavy atom. The fourth-order valence-corrected chi connectivity index (χ4v) is 8.24. The molecule has 2 heterocycles. The molecule has 0 aliphatic carbocycles. The van der Waals surface area contributed by atoms with Crippen LogP contribution in [0.4, 0.5) is 17.1 Å². The molecule has 0 saturated carbocycles. The first-order chi connectivity index (χ1) is 27.3. The minimum Gasteiger partial charge on any atom is -0.455 e. The van der Waals surface area contributed by atoms with E-state index in [1.54, 1.807) is 0 Å². The molecule has 258 valence electrons. The van der Waals surface area contributed by atoms with E-state index in [9.17, 15) is 0 Å². The zero-order valence-electron chi connectivity index (χ0n) is 29.8. The molecule has 0 N–H and O–H groups in total. The maximum atomic E-state index is 6.95. The van der Waals surface area contributed by atoms with Gasteiger partial charge in [0.1, 0.15) is 22.3 Å². The summed E-state index contributed by atoms with van der Waals surface area (Å²) in [5.41, 5.74) is 13.5. The van der Waals surface area contributed by atoms with Gasteiger partial charge in [-0.25, -0.2) is 0 Å². The highest BCUT2D eigenvalue weighted by molar-refractivity contribution is 6.19. The summed E-state index contributed by atoms with van der Waals surface area (Å²) < 4.78 is 13.3. The van der Waals surface area contributed by atoms with Crippen LogP contribution in [0.3, 0.4) is 0 Å². The summed E-state index contributed by atoms with van der Waals surface area (Å²) in [4.78, 5) is 2.29. The Bertz CT molecular complexity index is 3180. The second-order valence-electron chi connectivity index (χ2n) is 14.1. The molecule has 0 fully saturated rings. The summed E-state index contributed by atoms with van der Waals surface area (Å²) >= 11 is 0. The number of nitrogens with zero attached hydrogens (tertiary/aromatic N) is 1. The summed E-state index contributed by atoms with van der Waals surface area (Å²) in [6.45, 7) is 0. The van der Waals surface area contributed by atoms with E-state index in [2.05, 4.69) is 193 Å². The molecule has 9 aromatic carbocycles. The topological polar surface area (TPSA) is 29.5 Å². The van der Waals surface area contributed by atoms with Crippen molar-refractivity contribution in [2.24, 2.45) is 0 Å². The SMILES string of the molecule is c1ccc(-c2ccc(N(c3ccccc3)c3ccc4c(c3)oc3c(-c5ccc(-c6cccc7c6oc6ccccc67)cc5)c5ccccc5cc34)cc2)cc1. The average Bonchev–Trinajstić information content (AvgIpc) is 3.82. The predicted octanol–water partition coefficient (Wildman–Crippen LogP) is 15.1. The molecule has 0 radical (unpaired) electrons. The minimum atomic E-state index is 0.846. The van der Waals surface area contributed by atoms with Crippen molar-refractivity contribution >= 4 is 71.7 Å². The summed E-state index contributed by atoms with van der Waals surface area (Å²) in [6.07, 6.45) is 0. The number of hydrogen-bond donors (Lipinski definition) is 0. The zero-order valence-corrected chi connectivity index (χ0v) is 29.8. The maximum absolute atomic E-state index is 6.95. The smallest absolute Gasteiger partial charge is 0.143 e. The quantitative estimate of drug-likeness (QED) is 0.173. The number of para-hydroxylation sites is 3. The van der Waals surface area contributed by atoms with Gasteiger partial charge in [0, 0.05) is 55.8 Å². The summed E-state index contributed by atoms with van der Waals surface area (Å²) in [6, 6.07) is 70.7. The molecule has 2 aromatic heterocycles. The van der Waals surface area contributed by atoms with Gasteiger partial charge in [0.2, 0.25) is 0 Å². The number of fused-ring (bicyclic) bond motifs is 7. The molecule has 0 aliphatic heterocycles. The Kier molecular flexibility index (Phi) is 7.17. The van der Waals surface area contributed by atoms with Crippen LogP contribution in [0.25, 0.3) is 88.0 Å². The van der Waals surface area contributed by atoms with Crippen molar-refractivity contribution in [3.8, 4) is 33.4 Å². The lowest BCUT2D eigenvalue weighted by atomic mass is 9.93. The molecule has 0 saturated heterocycles.